The van der Waals surface area contributed by atoms with Gasteiger partial charge in [-0.3, -0.25) is 4.79 Å². The van der Waals surface area contributed by atoms with Crippen molar-refractivity contribution in [1.29, 1.82) is 0 Å². The third kappa shape index (κ3) is 4.23. The summed E-state index contributed by atoms with van der Waals surface area (Å²) in [5, 5.41) is 6.38. The van der Waals surface area contributed by atoms with E-state index in [4.69, 9.17) is 4.74 Å². The minimum absolute atomic E-state index is 0.0114. The third-order valence-electron chi connectivity index (χ3n) is 3.57. The normalized spacial score (nSPS) is 20.2. The Labute approximate surface area is 120 Å². The quantitative estimate of drug-likeness (QED) is 0.865. The molecule has 20 heavy (non-hydrogen) atoms. The summed E-state index contributed by atoms with van der Waals surface area (Å²) in [6, 6.07) is 8.04. The van der Waals surface area contributed by atoms with E-state index < -0.39 is 6.10 Å². The van der Waals surface area contributed by atoms with Crippen molar-refractivity contribution in [3.8, 4) is 5.75 Å². The molecule has 0 spiro atoms. The zero-order valence-corrected chi connectivity index (χ0v) is 12.3. The van der Waals surface area contributed by atoms with Crippen molar-refractivity contribution >= 4 is 5.91 Å². The lowest BCUT2D eigenvalue weighted by Crippen LogP contribution is -2.49. The largest absolute Gasteiger partial charge is 0.481 e. The maximum absolute atomic E-state index is 12.3. The van der Waals surface area contributed by atoms with Gasteiger partial charge < -0.3 is 15.4 Å². The van der Waals surface area contributed by atoms with Crippen molar-refractivity contribution < 1.29 is 9.53 Å². The van der Waals surface area contributed by atoms with Crippen LogP contribution in [-0.4, -0.2) is 31.1 Å². The van der Waals surface area contributed by atoms with Crippen LogP contribution in [0, 0.1) is 6.92 Å². The summed E-state index contributed by atoms with van der Waals surface area (Å²) < 4.78 is 5.82. The highest BCUT2D eigenvalue weighted by Gasteiger charge is 2.22. The van der Waals surface area contributed by atoms with Crippen molar-refractivity contribution in [2.24, 2.45) is 0 Å². The highest BCUT2D eigenvalue weighted by molar-refractivity contribution is 5.81. The van der Waals surface area contributed by atoms with E-state index in [1.807, 2.05) is 38.1 Å². The van der Waals surface area contributed by atoms with Crippen LogP contribution in [0.25, 0.3) is 0 Å². The van der Waals surface area contributed by atoms with E-state index in [1.165, 1.54) is 0 Å². The molecule has 0 bridgehead atoms. The molecule has 0 radical (unpaired) electrons. The summed E-state index contributed by atoms with van der Waals surface area (Å²) in [6.45, 7) is 5.89. The number of nitrogens with one attached hydrogen (secondary N) is 2. The zero-order valence-electron chi connectivity index (χ0n) is 12.3. The van der Waals surface area contributed by atoms with Gasteiger partial charge in [-0.25, -0.2) is 0 Å². The van der Waals surface area contributed by atoms with Gasteiger partial charge in [0.1, 0.15) is 5.75 Å². The van der Waals surface area contributed by atoms with Gasteiger partial charge in [-0.2, -0.15) is 0 Å². The number of piperidine rings is 1. The van der Waals surface area contributed by atoms with Gasteiger partial charge in [-0.05, 0) is 50.4 Å². The van der Waals surface area contributed by atoms with Gasteiger partial charge in [0.15, 0.2) is 6.10 Å². The number of amides is 1. The van der Waals surface area contributed by atoms with Gasteiger partial charge in [-0.15, -0.1) is 0 Å². The van der Waals surface area contributed by atoms with Crippen LogP contribution in [-0.2, 0) is 4.79 Å². The molecule has 1 saturated heterocycles. The van der Waals surface area contributed by atoms with E-state index in [1.54, 1.807) is 0 Å². The molecule has 1 fully saturated rings. The monoisotopic (exact) mass is 276 g/mol. The Kier molecular flexibility index (Phi) is 5.41. The molecule has 2 atom stereocenters. The van der Waals surface area contributed by atoms with Crippen molar-refractivity contribution in [2.45, 2.75) is 45.3 Å². The number of ether oxygens (including phenoxy) is 1. The van der Waals surface area contributed by atoms with E-state index in [9.17, 15) is 4.79 Å². The molecule has 2 unspecified atom stereocenters. The Morgan fingerprint density at radius 2 is 2.40 bits per heavy atom. The minimum atomic E-state index is -0.418. The molecule has 1 aliphatic heterocycles. The second-order valence-electron chi connectivity index (χ2n) is 5.38. The number of carbonyl (C=O) groups is 1. The fraction of sp³-hybridized carbons (Fsp3) is 0.562. The van der Waals surface area contributed by atoms with Gasteiger partial charge in [-0.1, -0.05) is 19.1 Å². The van der Waals surface area contributed by atoms with E-state index in [-0.39, 0.29) is 11.9 Å². The molecule has 0 saturated carbocycles. The Bertz CT molecular complexity index is 442. The molecular formula is C16H24N2O2. The number of rotatable bonds is 5. The van der Waals surface area contributed by atoms with Gasteiger partial charge in [0, 0.05) is 12.6 Å². The minimum Gasteiger partial charge on any atom is -0.481 e. The fourth-order valence-corrected chi connectivity index (χ4v) is 2.44. The molecule has 0 aliphatic carbocycles. The van der Waals surface area contributed by atoms with Crippen molar-refractivity contribution in [3.63, 3.8) is 0 Å². The maximum atomic E-state index is 12.3. The second kappa shape index (κ2) is 7.29. The van der Waals surface area contributed by atoms with Gasteiger partial charge >= 0.3 is 0 Å². The molecular weight excluding hydrogens is 252 g/mol. The fourth-order valence-electron chi connectivity index (χ4n) is 2.44. The lowest BCUT2D eigenvalue weighted by Gasteiger charge is -2.26. The van der Waals surface area contributed by atoms with E-state index in [2.05, 4.69) is 10.6 Å². The number of hydrogen-bond donors (Lipinski definition) is 2. The first-order valence-corrected chi connectivity index (χ1v) is 7.43. The average Bonchev–Trinajstić information content (AvgIpc) is 2.46. The summed E-state index contributed by atoms with van der Waals surface area (Å²) in [5.74, 6) is 0.747. The predicted molar refractivity (Wildman–Crippen MR) is 79.9 cm³/mol. The lowest BCUT2D eigenvalue weighted by molar-refractivity contribution is -0.129. The molecule has 0 aromatic heterocycles. The number of aryl methyl sites for hydroxylation is 1. The van der Waals surface area contributed by atoms with Crippen molar-refractivity contribution in [1.82, 2.24) is 10.6 Å². The van der Waals surface area contributed by atoms with E-state index >= 15 is 0 Å². The first-order chi connectivity index (χ1) is 9.69. The predicted octanol–water partition coefficient (Wildman–Crippen LogP) is 2.02. The zero-order chi connectivity index (χ0) is 14.4. The van der Waals surface area contributed by atoms with Crippen LogP contribution in [0.1, 0.15) is 31.7 Å². The average molecular weight is 276 g/mol. The van der Waals surface area contributed by atoms with Crippen LogP contribution in [0.3, 0.4) is 0 Å². The molecule has 1 amide bonds. The van der Waals surface area contributed by atoms with Crippen molar-refractivity contribution in [2.75, 3.05) is 13.1 Å². The molecule has 1 aliphatic rings. The molecule has 1 heterocycles. The Hall–Kier alpha value is -1.55. The van der Waals surface area contributed by atoms with Crippen molar-refractivity contribution in [3.05, 3.63) is 29.8 Å². The first-order valence-electron chi connectivity index (χ1n) is 7.43. The van der Waals surface area contributed by atoms with Crippen LogP contribution in [0.15, 0.2) is 24.3 Å². The molecule has 4 heteroatoms. The van der Waals surface area contributed by atoms with E-state index in [0.29, 0.717) is 6.42 Å². The molecule has 110 valence electrons. The highest BCUT2D eigenvalue weighted by Crippen LogP contribution is 2.15. The SMILES string of the molecule is CCC(Oc1cccc(C)c1)C(=O)NC1CCCNC1. The standard InChI is InChI=1S/C16H24N2O2/c1-3-15(20-14-8-4-6-12(2)10-14)16(19)18-13-7-5-9-17-11-13/h4,6,8,10,13,15,17H,3,5,7,9,11H2,1-2H3,(H,18,19). The smallest absolute Gasteiger partial charge is 0.261 e. The molecule has 4 nitrogen and oxygen atoms in total. The van der Waals surface area contributed by atoms with Gasteiger partial charge in [0.05, 0.1) is 0 Å². The Balaban J connectivity index is 1.91. The second-order valence-corrected chi connectivity index (χ2v) is 5.38. The number of carbonyl (C=O) groups excluding carboxylic acids is 1. The Morgan fingerprint density at radius 3 is 3.05 bits per heavy atom. The van der Waals surface area contributed by atoms with Crippen LogP contribution < -0.4 is 15.4 Å². The topological polar surface area (TPSA) is 50.4 Å². The summed E-state index contributed by atoms with van der Waals surface area (Å²) >= 11 is 0. The van der Waals surface area contributed by atoms with Gasteiger partial charge in [0.2, 0.25) is 0 Å². The number of benzene rings is 1. The van der Waals surface area contributed by atoms with Crippen LogP contribution in [0.2, 0.25) is 0 Å². The maximum Gasteiger partial charge on any atom is 0.261 e. The third-order valence-corrected chi connectivity index (χ3v) is 3.57. The summed E-state index contributed by atoms with van der Waals surface area (Å²) in [4.78, 5) is 12.3. The highest BCUT2D eigenvalue weighted by atomic mass is 16.5. The van der Waals surface area contributed by atoms with E-state index in [0.717, 1.165) is 37.2 Å². The number of hydrogen-bond acceptors (Lipinski definition) is 3. The summed E-state index contributed by atoms with van der Waals surface area (Å²) in [5.41, 5.74) is 1.13. The molecule has 1 aromatic rings. The van der Waals surface area contributed by atoms with Crippen LogP contribution in [0.4, 0.5) is 0 Å². The Morgan fingerprint density at radius 1 is 1.55 bits per heavy atom. The molecule has 1 aromatic carbocycles. The van der Waals surface area contributed by atoms with Crippen LogP contribution in [0.5, 0.6) is 5.75 Å². The first kappa shape index (κ1) is 14.9. The van der Waals surface area contributed by atoms with Gasteiger partial charge in [0.25, 0.3) is 5.91 Å². The summed E-state index contributed by atoms with van der Waals surface area (Å²) in [7, 11) is 0. The molecule has 2 rings (SSSR count). The molecule has 2 N–H and O–H groups in total. The lowest BCUT2D eigenvalue weighted by atomic mass is 10.1. The van der Waals surface area contributed by atoms with Crippen LogP contribution >= 0.6 is 0 Å². The summed E-state index contributed by atoms with van der Waals surface area (Å²) in [6.07, 6.45) is 2.40.